The van der Waals surface area contributed by atoms with Crippen molar-refractivity contribution in [3.05, 3.63) is 16.1 Å². The number of amides is 1. The van der Waals surface area contributed by atoms with Crippen LogP contribution in [0.1, 0.15) is 23.2 Å². The minimum atomic E-state index is -0.248. The van der Waals surface area contributed by atoms with Gasteiger partial charge < -0.3 is 24.8 Å². The number of rotatable bonds is 6. The Hall–Kier alpha value is -1.18. The van der Waals surface area contributed by atoms with Gasteiger partial charge in [0, 0.05) is 18.7 Å². The molecule has 1 fully saturated rings. The van der Waals surface area contributed by atoms with Gasteiger partial charge in [-0.05, 0) is 35.3 Å². The number of carbonyl (C=O) groups excluding carboxylic acids is 1. The van der Waals surface area contributed by atoms with Crippen molar-refractivity contribution < 1.29 is 19.0 Å². The number of halogens is 2. The molecule has 2 N–H and O–H groups in total. The number of benzene rings is 1. The van der Waals surface area contributed by atoms with Crippen LogP contribution in [0.3, 0.4) is 0 Å². The van der Waals surface area contributed by atoms with E-state index in [1.807, 2.05) is 0 Å². The molecular weight excluding hydrogens is 388 g/mol. The number of hydrogen-bond acceptors (Lipinski definition) is 5. The maximum atomic E-state index is 12.6. The summed E-state index contributed by atoms with van der Waals surface area (Å²) in [4.78, 5) is 12.6. The lowest BCUT2D eigenvalue weighted by Crippen LogP contribution is -2.37. The second-order valence-corrected chi connectivity index (χ2v) is 5.86. The average Bonchev–Trinajstić information content (AvgIpc) is 3.04. The molecule has 8 heteroatoms. The van der Waals surface area contributed by atoms with Crippen LogP contribution in [0.15, 0.2) is 10.5 Å². The summed E-state index contributed by atoms with van der Waals surface area (Å²) < 4.78 is 16.6. The van der Waals surface area contributed by atoms with E-state index in [-0.39, 0.29) is 18.3 Å². The molecule has 1 unspecified atom stereocenters. The van der Waals surface area contributed by atoms with Gasteiger partial charge in [-0.15, -0.1) is 12.4 Å². The van der Waals surface area contributed by atoms with Gasteiger partial charge in [0.25, 0.3) is 5.91 Å². The molecule has 0 saturated carbocycles. The van der Waals surface area contributed by atoms with Gasteiger partial charge >= 0.3 is 0 Å². The summed E-state index contributed by atoms with van der Waals surface area (Å²) in [6, 6.07) is 2.03. The summed E-state index contributed by atoms with van der Waals surface area (Å²) in [5.74, 6) is 1.01. The second-order valence-electron chi connectivity index (χ2n) is 5.01. The summed E-state index contributed by atoms with van der Waals surface area (Å²) in [6.07, 6.45) is 2.20. The maximum absolute atomic E-state index is 12.6. The minimum absolute atomic E-state index is 0. The lowest BCUT2D eigenvalue weighted by molar-refractivity contribution is 0.0943. The fraction of sp³-hybridized carbons (Fsp3) is 0.533. The summed E-state index contributed by atoms with van der Waals surface area (Å²) >= 11 is 3.40. The van der Waals surface area contributed by atoms with Crippen LogP contribution >= 0.6 is 28.3 Å². The van der Waals surface area contributed by atoms with Gasteiger partial charge in [0.05, 0.1) is 25.8 Å². The third-order valence-electron chi connectivity index (χ3n) is 3.68. The molecule has 1 amide bonds. The fourth-order valence-electron chi connectivity index (χ4n) is 2.59. The van der Waals surface area contributed by atoms with Crippen LogP contribution in [0, 0.1) is 0 Å². The van der Waals surface area contributed by atoms with Gasteiger partial charge in [0.2, 0.25) is 0 Å². The van der Waals surface area contributed by atoms with E-state index >= 15 is 0 Å². The number of nitrogens with one attached hydrogen (secondary N) is 2. The molecule has 1 aliphatic heterocycles. The number of methoxy groups -OCH3 is 3. The van der Waals surface area contributed by atoms with E-state index in [1.165, 1.54) is 21.3 Å². The first-order valence-corrected chi connectivity index (χ1v) is 7.91. The van der Waals surface area contributed by atoms with Crippen LogP contribution in [-0.4, -0.2) is 46.4 Å². The van der Waals surface area contributed by atoms with Gasteiger partial charge in [-0.2, -0.15) is 0 Å². The fourth-order valence-corrected chi connectivity index (χ4v) is 3.16. The Labute approximate surface area is 150 Å². The second kappa shape index (κ2) is 9.20. The molecule has 23 heavy (non-hydrogen) atoms. The lowest BCUT2D eigenvalue weighted by Gasteiger charge is -2.18. The predicted molar refractivity (Wildman–Crippen MR) is 94.4 cm³/mol. The zero-order valence-electron chi connectivity index (χ0n) is 13.4. The Morgan fingerprint density at radius 2 is 2.00 bits per heavy atom. The van der Waals surface area contributed by atoms with Crippen LogP contribution in [0.25, 0.3) is 0 Å². The molecule has 0 bridgehead atoms. The molecule has 1 heterocycles. The van der Waals surface area contributed by atoms with E-state index in [0.29, 0.717) is 39.9 Å². The SMILES string of the molecule is COc1cc(Br)c(OC)c(C(=O)NCC2CCCN2)c1OC.Cl. The molecule has 1 aromatic rings. The average molecular weight is 410 g/mol. The summed E-state index contributed by atoms with van der Waals surface area (Å²) in [5, 5.41) is 6.27. The predicted octanol–water partition coefficient (Wildman–Crippen LogP) is 2.38. The van der Waals surface area contributed by atoms with Gasteiger partial charge in [-0.1, -0.05) is 0 Å². The van der Waals surface area contributed by atoms with E-state index in [9.17, 15) is 4.79 Å². The van der Waals surface area contributed by atoms with Crippen LogP contribution in [0.5, 0.6) is 17.2 Å². The van der Waals surface area contributed by atoms with E-state index in [4.69, 9.17) is 14.2 Å². The Kier molecular flexibility index (Phi) is 7.94. The summed E-state index contributed by atoms with van der Waals surface area (Å²) in [5.41, 5.74) is 0.328. The molecule has 0 spiro atoms. The molecule has 1 aliphatic rings. The van der Waals surface area contributed by atoms with Crippen LogP contribution in [0.4, 0.5) is 0 Å². The Morgan fingerprint density at radius 1 is 1.30 bits per heavy atom. The number of ether oxygens (including phenoxy) is 3. The number of hydrogen-bond donors (Lipinski definition) is 2. The minimum Gasteiger partial charge on any atom is -0.495 e. The molecular formula is C15H22BrClN2O4. The largest absolute Gasteiger partial charge is 0.495 e. The van der Waals surface area contributed by atoms with E-state index < -0.39 is 0 Å². The van der Waals surface area contributed by atoms with Gasteiger partial charge in [-0.25, -0.2) is 0 Å². The first-order chi connectivity index (χ1) is 10.6. The van der Waals surface area contributed by atoms with Gasteiger partial charge in [0.1, 0.15) is 11.3 Å². The van der Waals surface area contributed by atoms with E-state index in [0.717, 1.165) is 19.4 Å². The van der Waals surface area contributed by atoms with Crippen molar-refractivity contribution in [3.63, 3.8) is 0 Å². The number of carbonyl (C=O) groups is 1. The van der Waals surface area contributed by atoms with Crippen molar-refractivity contribution in [2.45, 2.75) is 18.9 Å². The molecule has 130 valence electrons. The van der Waals surface area contributed by atoms with Crippen LogP contribution < -0.4 is 24.8 Å². The zero-order valence-corrected chi connectivity index (χ0v) is 15.8. The zero-order chi connectivity index (χ0) is 16.1. The maximum Gasteiger partial charge on any atom is 0.259 e. The Bertz CT molecular complexity index is 551. The molecule has 6 nitrogen and oxygen atoms in total. The van der Waals surface area contributed by atoms with Crippen molar-refractivity contribution in [3.8, 4) is 17.2 Å². The topological polar surface area (TPSA) is 68.8 Å². The standard InChI is InChI=1S/C15H21BrN2O4.ClH/c1-20-11-7-10(16)13(21-2)12(14(11)22-3)15(19)18-8-9-5-4-6-17-9;/h7,9,17H,4-6,8H2,1-3H3,(H,18,19);1H. The smallest absolute Gasteiger partial charge is 0.259 e. The first-order valence-electron chi connectivity index (χ1n) is 7.12. The normalized spacial score (nSPS) is 16.4. The first kappa shape index (κ1) is 19.9. The molecule has 1 aromatic carbocycles. The molecule has 1 atom stereocenters. The third kappa shape index (κ3) is 4.43. The Balaban J connectivity index is 0.00000264. The molecule has 0 radical (unpaired) electrons. The lowest BCUT2D eigenvalue weighted by atomic mass is 10.1. The quantitative estimate of drug-likeness (QED) is 0.755. The van der Waals surface area contributed by atoms with Crippen molar-refractivity contribution >= 4 is 34.2 Å². The van der Waals surface area contributed by atoms with Crippen molar-refractivity contribution in [1.29, 1.82) is 0 Å². The molecule has 2 rings (SSSR count). The Morgan fingerprint density at radius 3 is 2.52 bits per heavy atom. The van der Waals surface area contributed by atoms with Crippen LogP contribution in [0.2, 0.25) is 0 Å². The van der Waals surface area contributed by atoms with Crippen molar-refractivity contribution in [1.82, 2.24) is 10.6 Å². The molecule has 0 aromatic heterocycles. The van der Waals surface area contributed by atoms with Gasteiger partial charge in [0.15, 0.2) is 11.5 Å². The monoisotopic (exact) mass is 408 g/mol. The highest BCUT2D eigenvalue weighted by Gasteiger charge is 2.26. The highest BCUT2D eigenvalue weighted by Crippen LogP contribution is 2.42. The van der Waals surface area contributed by atoms with Crippen molar-refractivity contribution in [2.24, 2.45) is 0 Å². The van der Waals surface area contributed by atoms with Crippen molar-refractivity contribution in [2.75, 3.05) is 34.4 Å². The summed E-state index contributed by atoms with van der Waals surface area (Å²) in [7, 11) is 4.54. The van der Waals surface area contributed by atoms with Gasteiger partial charge in [-0.3, -0.25) is 4.79 Å². The molecule has 1 saturated heterocycles. The molecule has 0 aliphatic carbocycles. The van der Waals surface area contributed by atoms with E-state index in [1.54, 1.807) is 6.07 Å². The highest BCUT2D eigenvalue weighted by atomic mass is 79.9. The summed E-state index contributed by atoms with van der Waals surface area (Å²) in [6.45, 7) is 1.57. The van der Waals surface area contributed by atoms with E-state index in [2.05, 4.69) is 26.6 Å². The van der Waals surface area contributed by atoms with Crippen LogP contribution in [-0.2, 0) is 0 Å². The highest BCUT2D eigenvalue weighted by molar-refractivity contribution is 9.10. The third-order valence-corrected chi connectivity index (χ3v) is 4.27.